The number of hydrazine groups is 1. The summed E-state index contributed by atoms with van der Waals surface area (Å²) >= 11 is 0. The number of amides is 1. The van der Waals surface area contributed by atoms with Crippen LogP contribution in [0, 0.1) is 0 Å². The van der Waals surface area contributed by atoms with Crippen LogP contribution in [0.4, 0.5) is 23.3 Å². The highest BCUT2D eigenvalue weighted by Gasteiger charge is 2.17. The van der Waals surface area contributed by atoms with Crippen LogP contribution in [0.5, 0.6) is 0 Å². The molecule has 0 aliphatic rings. The van der Waals surface area contributed by atoms with E-state index in [0.29, 0.717) is 17.5 Å². The van der Waals surface area contributed by atoms with Gasteiger partial charge in [-0.05, 0) is 36.4 Å². The molecule has 2 aromatic carbocycles. The number of nitrogens with one attached hydrogen (secondary N) is 4. The smallest absolute Gasteiger partial charge is 0.303 e. The van der Waals surface area contributed by atoms with Crippen LogP contribution in [0.3, 0.4) is 0 Å². The summed E-state index contributed by atoms with van der Waals surface area (Å²) in [6.45, 7) is 0. The van der Waals surface area contributed by atoms with Crippen molar-refractivity contribution in [2.45, 2.75) is 0 Å². The summed E-state index contributed by atoms with van der Waals surface area (Å²) in [5, 5.41) is 3.13. The first-order chi connectivity index (χ1) is 14.8. The molecule has 0 saturated heterocycles. The number of hydrogen-bond donors (Lipinski definition) is 4. The molecule has 4 aromatic rings. The van der Waals surface area contributed by atoms with Gasteiger partial charge in [0.2, 0.25) is 6.33 Å². The Bertz CT molecular complexity index is 1110. The van der Waals surface area contributed by atoms with Gasteiger partial charge < -0.3 is 5.32 Å². The number of rotatable bonds is 7. The molecule has 0 fully saturated rings. The first-order valence-corrected chi connectivity index (χ1v) is 9.17. The average molecular weight is 399 g/mol. The van der Waals surface area contributed by atoms with Gasteiger partial charge in [0.15, 0.2) is 0 Å². The van der Waals surface area contributed by atoms with Crippen LogP contribution < -0.4 is 26.3 Å². The lowest BCUT2D eigenvalue weighted by Gasteiger charge is -2.10. The molecule has 0 atom stereocenters. The number of anilines is 4. The van der Waals surface area contributed by atoms with E-state index in [-0.39, 0.29) is 5.91 Å². The molecule has 1 amide bonds. The van der Waals surface area contributed by atoms with E-state index in [9.17, 15) is 4.79 Å². The van der Waals surface area contributed by atoms with E-state index in [0.717, 1.165) is 11.4 Å². The Kier molecular flexibility index (Phi) is 5.71. The van der Waals surface area contributed by atoms with Gasteiger partial charge in [0.05, 0.1) is 5.69 Å². The van der Waals surface area contributed by atoms with Gasteiger partial charge in [-0.15, -0.1) is 4.68 Å². The highest BCUT2D eigenvalue weighted by atomic mass is 16.2. The summed E-state index contributed by atoms with van der Waals surface area (Å²) in [5.41, 5.74) is 10.8. The molecule has 9 nitrogen and oxygen atoms in total. The molecule has 2 heterocycles. The maximum absolute atomic E-state index is 12.4. The average Bonchev–Trinajstić information content (AvgIpc) is 2.81. The van der Waals surface area contributed by atoms with Crippen molar-refractivity contribution in [3.8, 4) is 0 Å². The quantitative estimate of drug-likeness (QED) is 0.279. The van der Waals surface area contributed by atoms with Crippen molar-refractivity contribution < 1.29 is 9.47 Å². The van der Waals surface area contributed by atoms with Gasteiger partial charge in [-0.25, -0.2) is 5.43 Å². The predicted octanol–water partition coefficient (Wildman–Crippen LogP) is 2.53. The van der Waals surface area contributed by atoms with Crippen LogP contribution >= 0.6 is 0 Å². The maximum atomic E-state index is 12.4. The van der Waals surface area contributed by atoms with E-state index >= 15 is 0 Å². The number of pyridine rings is 1. The molecule has 148 valence electrons. The summed E-state index contributed by atoms with van der Waals surface area (Å²) < 4.78 is 1.57. The van der Waals surface area contributed by atoms with Crippen molar-refractivity contribution in [3.05, 3.63) is 97.1 Å². The zero-order valence-electron chi connectivity index (χ0n) is 15.9. The first kappa shape index (κ1) is 18.8. The van der Waals surface area contributed by atoms with Crippen LogP contribution in [0.15, 0.2) is 91.5 Å². The van der Waals surface area contributed by atoms with E-state index in [4.69, 9.17) is 0 Å². The van der Waals surface area contributed by atoms with Crippen LogP contribution in [0.1, 0.15) is 10.4 Å². The lowest BCUT2D eigenvalue weighted by Crippen LogP contribution is -2.48. The number of para-hydroxylation sites is 2. The standard InChI is InChI=1S/C21H18N8O/c30-19(16-11-13-22-14-12-16)26-27-21-25-20(24-17-7-3-1-4-8-17)23-15-29(21)28-18-9-5-2-6-10-18/h1-15,28H,(H2,22,24,25,26,27,30)/p+1. The Morgan fingerprint density at radius 1 is 0.833 bits per heavy atom. The second kappa shape index (κ2) is 9.11. The zero-order valence-corrected chi connectivity index (χ0v) is 15.9. The Hall–Kier alpha value is -4.53. The monoisotopic (exact) mass is 399 g/mol. The number of carbonyl (C=O) groups excluding carboxylic acids is 1. The van der Waals surface area contributed by atoms with Gasteiger partial charge >= 0.3 is 11.9 Å². The fourth-order valence-corrected chi connectivity index (χ4v) is 2.57. The third kappa shape index (κ3) is 4.84. The Labute approximate surface area is 172 Å². The van der Waals surface area contributed by atoms with Crippen molar-refractivity contribution >= 4 is 29.2 Å². The van der Waals surface area contributed by atoms with E-state index in [1.807, 2.05) is 60.7 Å². The molecular formula is C21H19N8O+. The molecule has 9 heteroatoms. The highest BCUT2D eigenvalue weighted by molar-refractivity contribution is 5.94. The molecule has 0 saturated carbocycles. The lowest BCUT2D eigenvalue weighted by atomic mass is 10.3. The predicted molar refractivity (Wildman–Crippen MR) is 113 cm³/mol. The summed E-state index contributed by atoms with van der Waals surface area (Å²) in [7, 11) is 0. The molecule has 0 spiro atoms. The van der Waals surface area contributed by atoms with Gasteiger partial charge in [-0.3, -0.25) is 15.2 Å². The molecule has 4 N–H and O–H groups in total. The molecular weight excluding hydrogens is 380 g/mol. The number of carbonyl (C=O) groups is 1. The fraction of sp³-hybridized carbons (Fsp3) is 0. The largest absolute Gasteiger partial charge is 0.394 e. The molecule has 0 unspecified atom stereocenters. The topological polar surface area (TPSA) is 108 Å². The van der Waals surface area contributed by atoms with Crippen LogP contribution in [-0.4, -0.2) is 20.9 Å². The molecule has 2 aromatic heterocycles. The maximum Gasteiger partial charge on any atom is 0.394 e. The van der Waals surface area contributed by atoms with Crippen molar-refractivity contribution in [1.29, 1.82) is 0 Å². The van der Waals surface area contributed by atoms with Gasteiger partial charge in [0.1, 0.15) is 0 Å². The molecule has 4 rings (SSSR count). The third-order valence-corrected chi connectivity index (χ3v) is 4.02. The fourth-order valence-electron chi connectivity index (χ4n) is 2.57. The minimum absolute atomic E-state index is 0.320. The molecule has 0 aliphatic carbocycles. The SMILES string of the molecule is O=C(NNc1nc(Nc2ccccc2)nc[n+]1Nc1ccccc1)c1ccncc1. The second-order valence-electron chi connectivity index (χ2n) is 6.16. The van der Waals surface area contributed by atoms with Crippen LogP contribution in [0.2, 0.25) is 0 Å². The molecule has 0 aliphatic heterocycles. The minimum Gasteiger partial charge on any atom is -0.303 e. The van der Waals surface area contributed by atoms with E-state index in [2.05, 4.69) is 36.5 Å². The van der Waals surface area contributed by atoms with Crippen molar-refractivity contribution in [2.24, 2.45) is 0 Å². The minimum atomic E-state index is -0.320. The van der Waals surface area contributed by atoms with E-state index < -0.39 is 0 Å². The van der Waals surface area contributed by atoms with Gasteiger partial charge in [-0.2, -0.15) is 5.43 Å². The van der Waals surface area contributed by atoms with E-state index in [1.165, 1.54) is 0 Å². The normalized spacial score (nSPS) is 10.1. The molecule has 0 bridgehead atoms. The Morgan fingerprint density at radius 2 is 1.50 bits per heavy atom. The lowest BCUT2D eigenvalue weighted by molar-refractivity contribution is -0.634. The van der Waals surface area contributed by atoms with Gasteiger partial charge in [0.25, 0.3) is 5.91 Å². The van der Waals surface area contributed by atoms with Crippen molar-refractivity contribution in [2.75, 3.05) is 16.2 Å². The summed E-state index contributed by atoms with van der Waals surface area (Å²) in [4.78, 5) is 25.1. The first-order valence-electron chi connectivity index (χ1n) is 9.17. The zero-order chi connectivity index (χ0) is 20.6. The van der Waals surface area contributed by atoms with Crippen LogP contribution in [-0.2, 0) is 0 Å². The molecule has 0 radical (unpaired) electrons. The Morgan fingerprint density at radius 3 is 2.20 bits per heavy atom. The molecule has 30 heavy (non-hydrogen) atoms. The third-order valence-electron chi connectivity index (χ3n) is 4.02. The van der Waals surface area contributed by atoms with E-state index in [1.54, 1.807) is 35.5 Å². The van der Waals surface area contributed by atoms with Crippen LogP contribution in [0.25, 0.3) is 0 Å². The number of nitrogens with zero attached hydrogens (tertiary/aromatic N) is 4. The van der Waals surface area contributed by atoms with Gasteiger partial charge in [0, 0.05) is 23.6 Å². The summed E-state index contributed by atoms with van der Waals surface area (Å²) in [6, 6.07) is 22.4. The second-order valence-corrected chi connectivity index (χ2v) is 6.16. The summed E-state index contributed by atoms with van der Waals surface area (Å²) in [6.07, 6.45) is 4.67. The van der Waals surface area contributed by atoms with Crippen molar-refractivity contribution in [3.63, 3.8) is 0 Å². The summed E-state index contributed by atoms with van der Waals surface area (Å²) in [5.74, 6) is 0.377. The number of hydrogen-bond acceptors (Lipinski definition) is 7. The van der Waals surface area contributed by atoms with Gasteiger partial charge in [-0.1, -0.05) is 46.4 Å². The highest BCUT2D eigenvalue weighted by Crippen LogP contribution is 2.12. The number of aromatic nitrogens is 4. The Balaban J connectivity index is 1.56. The number of benzene rings is 2. The van der Waals surface area contributed by atoms with Crippen molar-refractivity contribution in [1.82, 2.24) is 20.4 Å².